The molecule has 1 heterocycles. The van der Waals surface area contributed by atoms with Gasteiger partial charge in [-0.25, -0.2) is 0 Å². The second-order valence-electron chi connectivity index (χ2n) is 12.5. The molecule has 11 nitrogen and oxygen atoms in total. The van der Waals surface area contributed by atoms with Crippen LogP contribution in [0.5, 0.6) is 0 Å². The average Bonchev–Trinajstić information content (AvgIpc) is 3.06. The quantitative estimate of drug-likeness (QED) is 0.275. The van der Waals surface area contributed by atoms with E-state index in [4.69, 9.17) is 23.7 Å². The molecule has 0 radical (unpaired) electrons. The maximum absolute atomic E-state index is 13.0. The van der Waals surface area contributed by atoms with Crippen molar-refractivity contribution in [3.05, 3.63) is 23.8 Å². The molecule has 1 N–H and O–H groups in total. The molecule has 0 bridgehead atoms. The number of aliphatic hydroxyl groups is 1. The molecule has 2 aliphatic carbocycles. The Morgan fingerprint density at radius 2 is 1.62 bits per heavy atom. The first-order chi connectivity index (χ1) is 19.4. The molecule has 1 saturated carbocycles. The van der Waals surface area contributed by atoms with Crippen LogP contribution in [0.25, 0.3) is 0 Å². The van der Waals surface area contributed by atoms with Gasteiger partial charge in [0.05, 0.1) is 11.3 Å². The van der Waals surface area contributed by atoms with Crippen LogP contribution in [0, 0.1) is 23.2 Å². The van der Waals surface area contributed by atoms with Crippen molar-refractivity contribution in [2.24, 2.45) is 23.2 Å². The summed E-state index contributed by atoms with van der Waals surface area (Å²) in [6.45, 7) is 16.5. The molecule has 1 saturated heterocycles. The van der Waals surface area contributed by atoms with Crippen LogP contribution in [-0.2, 0) is 47.7 Å². The Kier molecular flexibility index (Phi) is 9.96. The van der Waals surface area contributed by atoms with Crippen molar-refractivity contribution in [1.29, 1.82) is 0 Å². The van der Waals surface area contributed by atoms with Crippen LogP contribution in [0.3, 0.4) is 0 Å². The van der Waals surface area contributed by atoms with E-state index >= 15 is 0 Å². The summed E-state index contributed by atoms with van der Waals surface area (Å²) in [5.41, 5.74) is -2.50. The Bertz CT molecular complexity index is 1160. The van der Waals surface area contributed by atoms with Crippen molar-refractivity contribution >= 4 is 29.8 Å². The van der Waals surface area contributed by atoms with Crippen LogP contribution in [0.4, 0.5) is 0 Å². The Hall–Kier alpha value is -3.21. The zero-order valence-corrected chi connectivity index (χ0v) is 25.8. The number of carbonyl (C=O) groups is 5. The van der Waals surface area contributed by atoms with Gasteiger partial charge in [-0.05, 0) is 44.3 Å². The van der Waals surface area contributed by atoms with E-state index in [1.54, 1.807) is 13.8 Å². The van der Waals surface area contributed by atoms with Gasteiger partial charge in [-0.15, -0.1) is 0 Å². The van der Waals surface area contributed by atoms with Gasteiger partial charge >= 0.3 is 29.8 Å². The van der Waals surface area contributed by atoms with Gasteiger partial charge in [0.2, 0.25) is 0 Å². The first-order valence-electron chi connectivity index (χ1n) is 14.4. The monoisotopic (exact) mass is 592 g/mol. The van der Waals surface area contributed by atoms with Crippen molar-refractivity contribution in [1.82, 2.24) is 0 Å². The largest absolute Gasteiger partial charge is 0.462 e. The summed E-state index contributed by atoms with van der Waals surface area (Å²) in [7, 11) is 0. The standard InChI is InChI=1S/C31H44O11/c1-15(2)12-26(35)41-22-14-24(39-20(7)33)30(9)23(38-19(6)32)11-10-16(3)27(30)28(40-21(8)34)31(37)18(5)29(36)42-25(31)13-17(22)4/h13,15,18,22-25,27-28,37H,3,10-12,14H2,1-2,4-9H3/b17-13-/t18-,22+,23-,24-,25-,27+,28-,30+,31-/m0/s1. The lowest BCUT2D eigenvalue weighted by atomic mass is 9.54. The molecule has 11 heteroatoms. The molecular formula is C31H44O11. The van der Waals surface area contributed by atoms with Crippen molar-refractivity contribution in [3.63, 3.8) is 0 Å². The van der Waals surface area contributed by atoms with Gasteiger partial charge in [0.25, 0.3) is 0 Å². The van der Waals surface area contributed by atoms with Gasteiger partial charge < -0.3 is 28.8 Å². The van der Waals surface area contributed by atoms with Gasteiger partial charge in [0.1, 0.15) is 24.4 Å². The molecule has 9 atom stereocenters. The van der Waals surface area contributed by atoms with Gasteiger partial charge in [-0.1, -0.05) is 32.9 Å². The van der Waals surface area contributed by atoms with Gasteiger partial charge in [0.15, 0.2) is 11.7 Å². The molecule has 0 spiro atoms. The second-order valence-corrected chi connectivity index (χ2v) is 12.5. The van der Waals surface area contributed by atoms with E-state index < -0.39 is 83.2 Å². The predicted octanol–water partition coefficient (Wildman–Crippen LogP) is 3.35. The lowest BCUT2D eigenvalue weighted by Gasteiger charge is -2.55. The molecule has 1 aliphatic heterocycles. The normalized spacial score (nSPS) is 37.8. The minimum absolute atomic E-state index is 0.00807. The number of esters is 5. The SMILES string of the molecule is C=C1CC[C@H](OC(C)=O)[C@]2(C)[C@@H](OC(C)=O)C[C@@H](OC(=O)CC(C)C)/C(C)=C\[C@@H]3OC(=O)[C@H](C)[C@@]3(O)[C@@H](OC(C)=O)[C@@H]12. The second kappa shape index (κ2) is 12.6. The summed E-state index contributed by atoms with van der Waals surface area (Å²) in [5.74, 6) is -5.29. The molecule has 0 aromatic heterocycles. The molecule has 3 rings (SSSR count). The highest BCUT2D eigenvalue weighted by Gasteiger charge is 2.67. The van der Waals surface area contributed by atoms with Crippen LogP contribution in [-0.4, -0.2) is 71.1 Å². The van der Waals surface area contributed by atoms with Gasteiger partial charge in [0, 0.05) is 39.5 Å². The summed E-state index contributed by atoms with van der Waals surface area (Å²) < 4.78 is 29.2. The summed E-state index contributed by atoms with van der Waals surface area (Å²) in [6.07, 6.45) is -3.43. The van der Waals surface area contributed by atoms with E-state index in [9.17, 15) is 29.1 Å². The fourth-order valence-corrected chi connectivity index (χ4v) is 6.73. The van der Waals surface area contributed by atoms with Crippen LogP contribution in [0.15, 0.2) is 23.8 Å². The van der Waals surface area contributed by atoms with Gasteiger partial charge in [-0.2, -0.15) is 0 Å². The zero-order valence-electron chi connectivity index (χ0n) is 25.8. The smallest absolute Gasteiger partial charge is 0.312 e. The lowest BCUT2D eigenvalue weighted by Crippen LogP contribution is -2.66. The molecule has 234 valence electrons. The zero-order chi connectivity index (χ0) is 31.7. The molecule has 0 aromatic carbocycles. The van der Waals surface area contributed by atoms with Crippen LogP contribution >= 0.6 is 0 Å². The lowest BCUT2D eigenvalue weighted by molar-refractivity contribution is -0.222. The first kappa shape index (κ1) is 33.3. The Morgan fingerprint density at radius 3 is 2.17 bits per heavy atom. The van der Waals surface area contributed by atoms with E-state index in [2.05, 4.69) is 6.58 Å². The molecule has 2 fully saturated rings. The van der Waals surface area contributed by atoms with E-state index in [0.29, 0.717) is 24.0 Å². The Balaban J connectivity index is 2.38. The van der Waals surface area contributed by atoms with Crippen molar-refractivity contribution in [2.45, 2.75) is 117 Å². The van der Waals surface area contributed by atoms with Crippen molar-refractivity contribution < 1.29 is 52.8 Å². The van der Waals surface area contributed by atoms with Gasteiger partial charge in [-0.3, -0.25) is 24.0 Å². The van der Waals surface area contributed by atoms with E-state index in [0.717, 1.165) is 0 Å². The van der Waals surface area contributed by atoms with Crippen LogP contribution in [0.1, 0.15) is 81.1 Å². The highest BCUT2D eigenvalue weighted by molar-refractivity contribution is 5.78. The average molecular weight is 593 g/mol. The van der Waals surface area contributed by atoms with E-state index in [1.165, 1.54) is 33.8 Å². The summed E-state index contributed by atoms with van der Waals surface area (Å²) in [5, 5.41) is 12.5. The molecule has 0 amide bonds. The minimum Gasteiger partial charge on any atom is -0.462 e. The number of hydrogen-bond donors (Lipinski definition) is 1. The van der Waals surface area contributed by atoms with Crippen molar-refractivity contribution in [3.8, 4) is 0 Å². The topological polar surface area (TPSA) is 152 Å². The Labute approximate surface area is 246 Å². The maximum Gasteiger partial charge on any atom is 0.312 e. The highest BCUT2D eigenvalue weighted by Crippen LogP contribution is 2.56. The Morgan fingerprint density at radius 1 is 1.05 bits per heavy atom. The third kappa shape index (κ3) is 6.40. The number of hydrogen-bond acceptors (Lipinski definition) is 11. The fraction of sp³-hybridized carbons (Fsp3) is 0.710. The summed E-state index contributed by atoms with van der Waals surface area (Å²) >= 11 is 0. The minimum atomic E-state index is -2.11. The number of ether oxygens (including phenoxy) is 5. The third-order valence-electron chi connectivity index (χ3n) is 8.84. The van der Waals surface area contributed by atoms with E-state index in [-0.39, 0.29) is 18.8 Å². The summed E-state index contributed by atoms with van der Waals surface area (Å²) in [4.78, 5) is 63.4. The highest BCUT2D eigenvalue weighted by atomic mass is 16.6. The maximum atomic E-state index is 13.0. The molecule has 0 aromatic rings. The van der Waals surface area contributed by atoms with Crippen molar-refractivity contribution in [2.75, 3.05) is 0 Å². The van der Waals surface area contributed by atoms with Crippen LogP contribution < -0.4 is 0 Å². The molecule has 0 unspecified atom stereocenters. The predicted molar refractivity (Wildman–Crippen MR) is 148 cm³/mol. The molecule has 42 heavy (non-hydrogen) atoms. The van der Waals surface area contributed by atoms with E-state index in [1.807, 2.05) is 13.8 Å². The summed E-state index contributed by atoms with van der Waals surface area (Å²) in [6, 6.07) is 0. The number of rotatable bonds is 6. The first-order valence-corrected chi connectivity index (χ1v) is 14.4. The molecular weight excluding hydrogens is 548 g/mol. The van der Waals surface area contributed by atoms with Crippen LogP contribution in [0.2, 0.25) is 0 Å². The molecule has 3 aliphatic rings. The number of carbonyl (C=O) groups excluding carboxylic acids is 5. The number of fused-ring (bicyclic) bond motifs is 2. The fourth-order valence-electron chi connectivity index (χ4n) is 6.73. The third-order valence-corrected chi connectivity index (χ3v) is 8.84.